The van der Waals surface area contributed by atoms with Crippen LogP contribution in [-0.2, 0) is 9.59 Å². The van der Waals surface area contributed by atoms with E-state index in [0.717, 1.165) is 19.4 Å². The molecule has 1 atom stereocenters. The number of nitrogens with two attached hydrogens (primary N) is 1. The minimum Gasteiger partial charge on any atom is -0.346 e. The predicted octanol–water partition coefficient (Wildman–Crippen LogP) is 1.21. The summed E-state index contributed by atoms with van der Waals surface area (Å²) in [7, 11) is 0. The number of hydrogen-bond acceptors (Lipinski definition) is 4. The summed E-state index contributed by atoms with van der Waals surface area (Å²) in [5.74, 6) is -0.0917. The third-order valence-corrected chi connectivity index (χ3v) is 3.09. The molecule has 20 heavy (non-hydrogen) atoms. The molecule has 5 heteroatoms. The van der Waals surface area contributed by atoms with Gasteiger partial charge in [-0.3, -0.25) is 9.59 Å². The number of Topliss-reactive ketones (excluding diaryl/α,β-unsaturated/α-hetero) is 1. The second-order valence-electron chi connectivity index (χ2n) is 5.82. The molecule has 0 spiro atoms. The van der Waals surface area contributed by atoms with Gasteiger partial charge in [0.15, 0.2) is 5.78 Å². The van der Waals surface area contributed by atoms with E-state index >= 15 is 0 Å². The molecule has 118 valence electrons. The maximum absolute atomic E-state index is 12.1. The van der Waals surface area contributed by atoms with Gasteiger partial charge in [-0.1, -0.05) is 27.7 Å². The van der Waals surface area contributed by atoms with E-state index in [2.05, 4.69) is 24.5 Å². The molecule has 0 radical (unpaired) electrons. The van der Waals surface area contributed by atoms with Crippen LogP contribution in [0.3, 0.4) is 0 Å². The van der Waals surface area contributed by atoms with Crippen LogP contribution in [0.15, 0.2) is 0 Å². The standard InChI is InChI=1S/C15H31N3O2/c1-11(2)15(20)13(18-14(19)8-9-16)7-5-6-10-17-12(3)4/h11-13,17H,5-10,16H2,1-4H3,(H,18,19). The number of hydrogen-bond donors (Lipinski definition) is 3. The van der Waals surface area contributed by atoms with Crippen LogP contribution in [0.4, 0.5) is 0 Å². The largest absolute Gasteiger partial charge is 0.346 e. The number of unbranched alkanes of at least 4 members (excludes halogenated alkanes) is 1. The fourth-order valence-electron chi connectivity index (χ4n) is 1.95. The van der Waals surface area contributed by atoms with Crippen LogP contribution in [0.2, 0.25) is 0 Å². The highest BCUT2D eigenvalue weighted by Gasteiger charge is 2.22. The van der Waals surface area contributed by atoms with Crippen molar-refractivity contribution in [2.45, 2.75) is 65.5 Å². The first-order valence-corrected chi connectivity index (χ1v) is 7.65. The normalized spacial score (nSPS) is 12.8. The average Bonchev–Trinajstić information content (AvgIpc) is 2.35. The van der Waals surface area contributed by atoms with Crippen molar-refractivity contribution in [1.82, 2.24) is 10.6 Å². The summed E-state index contributed by atoms with van der Waals surface area (Å²) in [5, 5.41) is 6.15. The molecule has 0 fully saturated rings. The minimum absolute atomic E-state index is 0.0630. The molecule has 1 unspecified atom stereocenters. The SMILES string of the molecule is CC(C)NCCCCC(NC(=O)CCN)C(=O)C(C)C. The van der Waals surface area contributed by atoms with E-state index in [0.29, 0.717) is 19.0 Å². The van der Waals surface area contributed by atoms with Gasteiger partial charge in [0.1, 0.15) is 0 Å². The van der Waals surface area contributed by atoms with Gasteiger partial charge in [-0.2, -0.15) is 0 Å². The summed E-state index contributed by atoms with van der Waals surface area (Å²) in [5.41, 5.74) is 5.36. The Morgan fingerprint density at radius 1 is 1.10 bits per heavy atom. The Hall–Kier alpha value is -0.940. The Bertz CT molecular complexity index is 291. The molecule has 0 aliphatic rings. The molecule has 0 bridgehead atoms. The van der Waals surface area contributed by atoms with E-state index in [1.54, 1.807) is 0 Å². The number of carbonyl (C=O) groups is 2. The molecule has 1 amide bonds. The molecule has 0 rings (SSSR count). The number of amides is 1. The van der Waals surface area contributed by atoms with E-state index < -0.39 is 0 Å². The van der Waals surface area contributed by atoms with Gasteiger partial charge in [0.2, 0.25) is 5.91 Å². The molecule has 5 nitrogen and oxygen atoms in total. The van der Waals surface area contributed by atoms with Crippen molar-refractivity contribution >= 4 is 11.7 Å². The van der Waals surface area contributed by atoms with E-state index in [9.17, 15) is 9.59 Å². The van der Waals surface area contributed by atoms with Crippen molar-refractivity contribution < 1.29 is 9.59 Å². The molecule has 0 saturated heterocycles. The lowest BCUT2D eigenvalue weighted by atomic mass is 9.97. The minimum atomic E-state index is -0.368. The Kier molecular flexibility index (Phi) is 10.3. The molecule has 4 N–H and O–H groups in total. The van der Waals surface area contributed by atoms with Crippen molar-refractivity contribution in [3.63, 3.8) is 0 Å². The van der Waals surface area contributed by atoms with Crippen molar-refractivity contribution in [3.8, 4) is 0 Å². The quantitative estimate of drug-likeness (QED) is 0.498. The van der Waals surface area contributed by atoms with E-state index in [1.165, 1.54) is 0 Å². The molecule has 0 saturated carbocycles. The van der Waals surface area contributed by atoms with E-state index in [-0.39, 0.29) is 30.1 Å². The molecule has 0 aromatic carbocycles. The zero-order chi connectivity index (χ0) is 15.5. The Morgan fingerprint density at radius 2 is 1.75 bits per heavy atom. The van der Waals surface area contributed by atoms with Gasteiger partial charge in [0.25, 0.3) is 0 Å². The van der Waals surface area contributed by atoms with Crippen LogP contribution in [-0.4, -0.2) is 36.9 Å². The zero-order valence-corrected chi connectivity index (χ0v) is 13.4. The highest BCUT2D eigenvalue weighted by molar-refractivity contribution is 5.90. The fourth-order valence-corrected chi connectivity index (χ4v) is 1.95. The van der Waals surface area contributed by atoms with Gasteiger partial charge in [-0.15, -0.1) is 0 Å². The lowest BCUT2D eigenvalue weighted by Crippen LogP contribution is -2.43. The average molecular weight is 285 g/mol. The number of rotatable bonds is 11. The van der Waals surface area contributed by atoms with Gasteiger partial charge < -0.3 is 16.4 Å². The lowest BCUT2D eigenvalue weighted by Gasteiger charge is -2.19. The smallest absolute Gasteiger partial charge is 0.221 e. The maximum atomic E-state index is 12.1. The van der Waals surface area contributed by atoms with E-state index in [4.69, 9.17) is 5.73 Å². The number of ketones is 1. The fraction of sp³-hybridized carbons (Fsp3) is 0.867. The van der Waals surface area contributed by atoms with E-state index in [1.807, 2.05) is 13.8 Å². The molecule has 0 aromatic heterocycles. The summed E-state index contributed by atoms with van der Waals surface area (Å²) in [6, 6.07) is 0.112. The maximum Gasteiger partial charge on any atom is 0.221 e. The first-order chi connectivity index (χ1) is 9.38. The molecule has 0 aromatic rings. The third kappa shape index (κ3) is 9.04. The molecule has 0 heterocycles. The lowest BCUT2D eigenvalue weighted by molar-refractivity contribution is -0.129. The van der Waals surface area contributed by atoms with Crippen molar-refractivity contribution in [1.29, 1.82) is 0 Å². The number of carbonyl (C=O) groups excluding carboxylic acids is 2. The summed E-state index contributed by atoms with van der Waals surface area (Å²) >= 11 is 0. The van der Waals surface area contributed by atoms with Crippen LogP contribution >= 0.6 is 0 Å². The summed E-state index contributed by atoms with van der Waals surface area (Å²) in [6.45, 7) is 9.20. The van der Waals surface area contributed by atoms with Crippen molar-refractivity contribution in [3.05, 3.63) is 0 Å². The Morgan fingerprint density at radius 3 is 2.25 bits per heavy atom. The van der Waals surface area contributed by atoms with Gasteiger partial charge in [0, 0.05) is 24.9 Å². The van der Waals surface area contributed by atoms with Crippen LogP contribution < -0.4 is 16.4 Å². The third-order valence-electron chi connectivity index (χ3n) is 3.09. The first kappa shape index (κ1) is 19.1. The zero-order valence-electron chi connectivity index (χ0n) is 13.4. The topological polar surface area (TPSA) is 84.2 Å². The van der Waals surface area contributed by atoms with Crippen molar-refractivity contribution in [2.75, 3.05) is 13.1 Å². The molecular weight excluding hydrogens is 254 g/mol. The highest BCUT2D eigenvalue weighted by atomic mass is 16.2. The predicted molar refractivity (Wildman–Crippen MR) is 82.4 cm³/mol. The van der Waals surface area contributed by atoms with Gasteiger partial charge in [0.05, 0.1) is 6.04 Å². The monoisotopic (exact) mass is 285 g/mol. The van der Waals surface area contributed by atoms with Gasteiger partial charge in [-0.25, -0.2) is 0 Å². The second kappa shape index (κ2) is 10.8. The number of nitrogens with one attached hydrogen (secondary N) is 2. The summed E-state index contributed by atoms with van der Waals surface area (Å²) in [6.07, 6.45) is 2.91. The summed E-state index contributed by atoms with van der Waals surface area (Å²) in [4.78, 5) is 23.7. The van der Waals surface area contributed by atoms with Crippen LogP contribution in [0.25, 0.3) is 0 Å². The highest BCUT2D eigenvalue weighted by Crippen LogP contribution is 2.08. The molecular formula is C15H31N3O2. The first-order valence-electron chi connectivity index (χ1n) is 7.65. The van der Waals surface area contributed by atoms with Crippen LogP contribution in [0.1, 0.15) is 53.4 Å². The Labute approximate surface area is 123 Å². The van der Waals surface area contributed by atoms with Gasteiger partial charge in [-0.05, 0) is 25.8 Å². The van der Waals surface area contributed by atoms with Crippen LogP contribution in [0.5, 0.6) is 0 Å². The van der Waals surface area contributed by atoms with Crippen molar-refractivity contribution in [2.24, 2.45) is 11.7 Å². The summed E-state index contributed by atoms with van der Waals surface area (Å²) < 4.78 is 0. The van der Waals surface area contributed by atoms with Gasteiger partial charge >= 0.3 is 0 Å². The molecule has 0 aliphatic carbocycles. The second-order valence-corrected chi connectivity index (χ2v) is 5.82. The Balaban J connectivity index is 4.18. The molecule has 0 aliphatic heterocycles. The van der Waals surface area contributed by atoms with Crippen LogP contribution in [0, 0.1) is 5.92 Å².